The van der Waals surface area contributed by atoms with Crippen molar-refractivity contribution < 1.29 is 14.3 Å². The minimum absolute atomic E-state index is 0.0328. The second-order valence-corrected chi connectivity index (χ2v) is 9.47. The van der Waals surface area contributed by atoms with E-state index >= 15 is 0 Å². The molecule has 7 heteroatoms. The van der Waals surface area contributed by atoms with E-state index in [1.165, 1.54) is 11.1 Å². The van der Waals surface area contributed by atoms with Crippen molar-refractivity contribution in [2.45, 2.75) is 40.0 Å². The molecule has 2 aromatic rings. The lowest BCUT2D eigenvalue weighted by Gasteiger charge is -2.39. The molecule has 7 nitrogen and oxygen atoms in total. The molecule has 2 N–H and O–H groups in total. The molecule has 4 rings (SSSR count). The zero-order valence-electron chi connectivity index (χ0n) is 20.0. The molecule has 2 aliphatic rings. The number of likely N-dealkylation sites (tertiary alicyclic amines) is 2. The summed E-state index contributed by atoms with van der Waals surface area (Å²) in [5, 5.41) is 6.07. The molecule has 2 aromatic carbocycles. The van der Waals surface area contributed by atoms with Crippen molar-refractivity contribution in [3.63, 3.8) is 0 Å². The number of anilines is 2. The molecular formula is C26H34N4O3. The van der Waals surface area contributed by atoms with Gasteiger partial charge in [0.15, 0.2) is 0 Å². The normalized spacial score (nSPS) is 17.2. The van der Waals surface area contributed by atoms with E-state index in [0.29, 0.717) is 24.5 Å². The van der Waals surface area contributed by atoms with Crippen molar-refractivity contribution >= 4 is 23.4 Å². The van der Waals surface area contributed by atoms with Gasteiger partial charge in [-0.3, -0.25) is 0 Å². The van der Waals surface area contributed by atoms with Gasteiger partial charge in [-0.2, -0.15) is 0 Å². The van der Waals surface area contributed by atoms with Crippen LogP contribution in [0.15, 0.2) is 36.4 Å². The smallest absolute Gasteiger partial charge is 0.321 e. The highest BCUT2D eigenvalue weighted by atomic mass is 16.5. The fraction of sp³-hybridized carbons (Fsp3) is 0.462. The first-order valence-corrected chi connectivity index (χ1v) is 11.6. The molecule has 0 aromatic heterocycles. The van der Waals surface area contributed by atoms with E-state index in [1.54, 1.807) is 7.11 Å². The highest BCUT2D eigenvalue weighted by Crippen LogP contribution is 2.41. The number of rotatable bonds is 3. The number of urea groups is 2. The Morgan fingerprint density at radius 2 is 1.39 bits per heavy atom. The summed E-state index contributed by atoms with van der Waals surface area (Å²) in [5.74, 6) is 0.649. The lowest BCUT2D eigenvalue weighted by molar-refractivity contribution is 0.128. The average Bonchev–Trinajstić information content (AvgIpc) is 3.22. The fourth-order valence-corrected chi connectivity index (χ4v) is 4.93. The van der Waals surface area contributed by atoms with Crippen molar-refractivity contribution in [1.29, 1.82) is 0 Å². The maximum Gasteiger partial charge on any atom is 0.321 e. The Bertz CT molecular complexity index is 1040. The van der Waals surface area contributed by atoms with Gasteiger partial charge in [0.1, 0.15) is 5.75 Å². The van der Waals surface area contributed by atoms with Crippen LogP contribution >= 0.6 is 0 Å². The average molecular weight is 451 g/mol. The summed E-state index contributed by atoms with van der Waals surface area (Å²) >= 11 is 0. The predicted molar refractivity (Wildman–Crippen MR) is 131 cm³/mol. The maximum atomic E-state index is 13.0. The summed E-state index contributed by atoms with van der Waals surface area (Å²) < 4.78 is 5.33. The molecular weight excluding hydrogens is 416 g/mol. The summed E-state index contributed by atoms with van der Waals surface area (Å²) in [7, 11) is 1.60. The van der Waals surface area contributed by atoms with Crippen molar-refractivity contribution in [3.8, 4) is 5.75 Å². The first-order valence-electron chi connectivity index (χ1n) is 11.6. The third-order valence-electron chi connectivity index (χ3n) is 7.27. The number of nitrogens with one attached hydrogen (secondary N) is 2. The molecule has 2 saturated heterocycles. The third kappa shape index (κ3) is 4.92. The van der Waals surface area contributed by atoms with Gasteiger partial charge in [0.2, 0.25) is 0 Å². The van der Waals surface area contributed by atoms with Crippen LogP contribution in [-0.4, -0.2) is 55.2 Å². The minimum Gasteiger partial charge on any atom is -0.495 e. The van der Waals surface area contributed by atoms with E-state index in [4.69, 9.17) is 4.74 Å². The molecule has 33 heavy (non-hydrogen) atoms. The van der Waals surface area contributed by atoms with Crippen LogP contribution < -0.4 is 15.4 Å². The lowest BCUT2D eigenvalue weighted by atomic mass is 9.78. The van der Waals surface area contributed by atoms with Crippen molar-refractivity contribution in [3.05, 3.63) is 53.1 Å². The molecule has 4 amide bonds. The van der Waals surface area contributed by atoms with Crippen molar-refractivity contribution in [2.75, 3.05) is 43.9 Å². The first-order chi connectivity index (χ1) is 15.8. The van der Waals surface area contributed by atoms with Gasteiger partial charge in [0.05, 0.1) is 12.8 Å². The topological polar surface area (TPSA) is 73.9 Å². The summed E-state index contributed by atoms with van der Waals surface area (Å²) in [6, 6.07) is 11.5. The second kappa shape index (κ2) is 9.33. The van der Waals surface area contributed by atoms with Gasteiger partial charge in [-0.25, -0.2) is 9.59 Å². The highest BCUT2D eigenvalue weighted by Gasteiger charge is 2.42. The quantitative estimate of drug-likeness (QED) is 0.677. The Balaban J connectivity index is 1.32. The van der Waals surface area contributed by atoms with Gasteiger partial charge >= 0.3 is 12.1 Å². The fourth-order valence-electron chi connectivity index (χ4n) is 4.93. The molecule has 2 heterocycles. The van der Waals surface area contributed by atoms with Gasteiger partial charge < -0.3 is 25.2 Å². The lowest BCUT2D eigenvalue weighted by Crippen LogP contribution is -2.46. The number of piperidine rings is 1. The monoisotopic (exact) mass is 450 g/mol. The standard InChI is InChI=1S/C26H34N4O3/c1-18-15-20(3)22(16-19(18)2)28-25(32)30-14-11-26(17-30)9-12-29(13-10-26)24(31)27-21-7-5-6-8-23(21)33-4/h5-8,15-16H,9-14,17H2,1-4H3,(H,27,31)(H,28,32). The molecule has 0 unspecified atom stereocenters. The largest absolute Gasteiger partial charge is 0.495 e. The molecule has 0 atom stereocenters. The highest BCUT2D eigenvalue weighted by molar-refractivity contribution is 5.91. The van der Waals surface area contributed by atoms with Gasteiger partial charge in [0, 0.05) is 31.9 Å². The van der Waals surface area contributed by atoms with E-state index in [-0.39, 0.29) is 17.5 Å². The van der Waals surface area contributed by atoms with Gasteiger partial charge in [-0.1, -0.05) is 18.2 Å². The molecule has 0 radical (unpaired) electrons. The van der Waals surface area contributed by atoms with E-state index in [0.717, 1.165) is 43.6 Å². The maximum absolute atomic E-state index is 13.0. The summed E-state index contributed by atoms with van der Waals surface area (Å²) in [6.07, 6.45) is 2.78. The molecule has 176 valence electrons. The Hall–Kier alpha value is -3.22. The number of benzene rings is 2. The number of amides is 4. The number of methoxy groups -OCH3 is 1. The molecule has 2 fully saturated rings. The number of nitrogens with zero attached hydrogens (tertiary/aromatic N) is 2. The Labute approximate surface area is 196 Å². The summed E-state index contributed by atoms with van der Waals surface area (Å²) in [4.78, 5) is 29.5. The SMILES string of the molecule is COc1ccccc1NC(=O)N1CCC2(CCN(C(=O)Nc3cc(C)c(C)cc3C)C2)CC1. The van der Waals surface area contributed by atoms with E-state index in [9.17, 15) is 9.59 Å². The predicted octanol–water partition coefficient (Wildman–Crippen LogP) is 5.17. The number of ether oxygens (including phenoxy) is 1. The van der Waals surface area contributed by atoms with Crippen LogP contribution in [-0.2, 0) is 0 Å². The van der Waals surface area contributed by atoms with Crippen LogP contribution in [0.3, 0.4) is 0 Å². The zero-order valence-corrected chi connectivity index (χ0v) is 20.0. The van der Waals surface area contributed by atoms with E-state index < -0.39 is 0 Å². The Kier molecular flexibility index (Phi) is 6.49. The number of para-hydroxylation sites is 2. The van der Waals surface area contributed by atoms with E-state index in [2.05, 4.69) is 30.5 Å². The molecule has 1 spiro atoms. The molecule has 2 aliphatic heterocycles. The number of carbonyl (C=O) groups is 2. The van der Waals surface area contributed by atoms with Crippen LogP contribution in [0, 0.1) is 26.2 Å². The summed E-state index contributed by atoms with van der Waals surface area (Å²) in [5.41, 5.74) is 5.13. The van der Waals surface area contributed by atoms with Crippen LogP contribution in [0.1, 0.15) is 36.0 Å². The van der Waals surface area contributed by atoms with Crippen LogP contribution in [0.5, 0.6) is 5.75 Å². The molecule has 0 bridgehead atoms. The third-order valence-corrected chi connectivity index (χ3v) is 7.27. The van der Waals surface area contributed by atoms with Crippen LogP contribution in [0.4, 0.5) is 21.0 Å². The minimum atomic E-state index is -0.104. The van der Waals surface area contributed by atoms with Gasteiger partial charge in [-0.05, 0) is 80.3 Å². The number of carbonyl (C=O) groups excluding carboxylic acids is 2. The van der Waals surface area contributed by atoms with Crippen molar-refractivity contribution in [1.82, 2.24) is 9.80 Å². The van der Waals surface area contributed by atoms with Crippen LogP contribution in [0.25, 0.3) is 0 Å². The Morgan fingerprint density at radius 3 is 2.09 bits per heavy atom. The van der Waals surface area contributed by atoms with Gasteiger partial charge in [0.25, 0.3) is 0 Å². The van der Waals surface area contributed by atoms with E-state index in [1.807, 2.05) is 47.1 Å². The number of aryl methyl sites for hydroxylation is 3. The Morgan fingerprint density at radius 1 is 0.818 bits per heavy atom. The summed E-state index contributed by atoms with van der Waals surface area (Å²) in [6.45, 7) is 9.04. The van der Waals surface area contributed by atoms with Crippen molar-refractivity contribution in [2.24, 2.45) is 5.41 Å². The van der Waals surface area contributed by atoms with Gasteiger partial charge in [-0.15, -0.1) is 0 Å². The first kappa shape index (κ1) is 23.0. The molecule has 0 saturated carbocycles. The molecule has 0 aliphatic carbocycles. The zero-order chi connectivity index (χ0) is 23.6. The number of hydrogen-bond donors (Lipinski definition) is 2. The second-order valence-electron chi connectivity index (χ2n) is 9.47. The number of hydrogen-bond acceptors (Lipinski definition) is 3. The van der Waals surface area contributed by atoms with Crippen LogP contribution in [0.2, 0.25) is 0 Å².